The molecule has 0 amide bonds. The Hall–Kier alpha value is -1.84. The Morgan fingerprint density at radius 2 is 0.893 bits per heavy atom. The first-order valence-electron chi connectivity index (χ1n) is 9.55. The maximum atomic E-state index is 4.42. The predicted molar refractivity (Wildman–Crippen MR) is 113 cm³/mol. The van der Waals surface area contributed by atoms with Crippen molar-refractivity contribution in [2.45, 2.75) is 38.5 Å². The molecule has 0 aliphatic carbocycles. The average Bonchev–Trinajstić information content (AvgIpc) is 3.36. The first-order chi connectivity index (χ1) is 13.8. The van der Waals surface area contributed by atoms with Crippen LogP contribution in [0, 0.1) is 0 Å². The number of aromatic nitrogens is 4. The van der Waals surface area contributed by atoms with Gasteiger partial charge in [0.2, 0.25) is 0 Å². The summed E-state index contributed by atoms with van der Waals surface area (Å²) in [5, 5.41) is 17.7. The van der Waals surface area contributed by atoms with Crippen LogP contribution >= 0.6 is 0 Å². The van der Waals surface area contributed by atoms with E-state index in [2.05, 4.69) is 81.1 Å². The molecule has 0 aliphatic rings. The van der Waals surface area contributed by atoms with Gasteiger partial charge in [0.15, 0.2) is 0 Å². The standard InChI is InChI=1S/C22H22N4Se2/c1-3-9-17(10-4-1)15-21-25-23-19(27-21)13-7-8-14-20-24-26-22(28-20)16-18-11-5-2-6-12-18/h1-6,9-12H,7-8,13-16H2. The van der Waals surface area contributed by atoms with Crippen molar-refractivity contribution in [3.63, 3.8) is 0 Å². The van der Waals surface area contributed by atoms with Gasteiger partial charge < -0.3 is 0 Å². The number of aryl methyl sites for hydroxylation is 2. The molecule has 0 saturated carbocycles. The Bertz CT molecular complexity index is 898. The number of hydrogen-bond donors (Lipinski definition) is 0. The van der Waals surface area contributed by atoms with E-state index < -0.39 is 0 Å². The van der Waals surface area contributed by atoms with E-state index in [1.807, 2.05) is 0 Å². The molecule has 0 spiro atoms. The van der Waals surface area contributed by atoms with Gasteiger partial charge in [-0.05, 0) is 0 Å². The molecule has 2 heterocycles. The zero-order valence-corrected chi connectivity index (χ0v) is 19.0. The Kier molecular flexibility index (Phi) is 7.01. The van der Waals surface area contributed by atoms with E-state index in [9.17, 15) is 0 Å². The van der Waals surface area contributed by atoms with E-state index in [0.717, 1.165) is 38.5 Å². The van der Waals surface area contributed by atoms with E-state index in [-0.39, 0.29) is 0 Å². The predicted octanol–water partition coefficient (Wildman–Crippen LogP) is 3.13. The second-order valence-electron chi connectivity index (χ2n) is 6.71. The van der Waals surface area contributed by atoms with Crippen LogP contribution in [0.15, 0.2) is 60.7 Å². The molecule has 0 bridgehead atoms. The van der Waals surface area contributed by atoms with Crippen molar-refractivity contribution in [1.29, 1.82) is 0 Å². The van der Waals surface area contributed by atoms with E-state index in [0.29, 0.717) is 29.0 Å². The van der Waals surface area contributed by atoms with Gasteiger partial charge in [0.1, 0.15) is 0 Å². The number of nitrogens with zero attached hydrogens (tertiary/aromatic N) is 4. The molecule has 0 saturated heterocycles. The number of rotatable bonds is 9. The van der Waals surface area contributed by atoms with Crippen molar-refractivity contribution in [3.05, 3.63) is 90.1 Å². The third-order valence-corrected chi connectivity index (χ3v) is 8.57. The van der Waals surface area contributed by atoms with Gasteiger partial charge in [0.25, 0.3) is 0 Å². The van der Waals surface area contributed by atoms with Gasteiger partial charge in [-0.1, -0.05) is 0 Å². The molecule has 0 atom stereocenters. The molecule has 28 heavy (non-hydrogen) atoms. The monoisotopic (exact) mass is 502 g/mol. The molecule has 4 nitrogen and oxygen atoms in total. The summed E-state index contributed by atoms with van der Waals surface area (Å²) in [5.41, 5.74) is 2.65. The number of unbranched alkanes of at least 4 members (excludes halogenated alkanes) is 1. The topological polar surface area (TPSA) is 51.6 Å². The van der Waals surface area contributed by atoms with E-state index in [1.54, 1.807) is 0 Å². The fourth-order valence-corrected chi connectivity index (χ4v) is 6.88. The van der Waals surface area contributed by atoms with E-state index in [4.69, 9.17) is 0 Å². The molecule has 0 fully saturated rings. The van der Waals surface area contributed by atoms with Gasteiger partial charge in [-0.15, -0.1) is 0 Å². The number of hydrogen-bond acceptors (Lipinski definition) is 4. The van der Waals surface area contributed by atoms with Crippen LogP contribution in [0.3, 0.4) is 0 Å². The molecule has 2 aromatic heterocycles. The Morgan fingerprint density at radius 3 is 1.32 bits per heavy atom. The van der Waals surface area contributed by atoms with Crippen molar-refractivity contribution in [1.82, 2.24) is 20.4 Å². The summed E-state index contributed by atoms with van der Waals surface area (Å²) in [6, 6.07) is 21.1. The van der Waals surface area contributed by atoms with Gasteiger partial charge in [-0.25, -0.2) is 0 Å². The van der Waals surface area contributed by atoms with E-state index in [1.165, 1.54) is 29.4 Å². The quantitative estimate of drug-likeness (QED) is 0.262. The van der Waals surface area contributed by atoms with Gasteiger partial charge >= 0.3 is 178 Å². The molecule has 4 aromatic rings. The Balaban J connectivity index is 1.20. The second kappa shape index (κ2) is 10.1. The third-order valence-electron chi connectivity index (χ3n) is 4.45. The minimum absolute atomic E-state index is 0.330. The van der Waals surface area contributed by atoms with Gasteiger partial charge in [0, 0.05) is 0 Å². The molecule has 0 N–H and O–H groups in total. The summed E-state index contributed by atoms with van der Waals surface area (Å²) in [6.07, 6.45) is 6.35. The summed E-state index contributed by atoms with van der Waals surface area (Å²) < 4.78 is 5.07. The van der Waals surface area contributed by atoms with Gasteiger partial charge in [-0.2, -0.15) is 0 Å². The molecule has 0 radical (unpaired) electrons. The van der Waals surface area contributed by atoms with Crippen LogP contribution in [0.4, 0.5) is 0 Å². The normalized spacial score (nSPS) is 11.0. The van der Waals surface area contributed by atoms with Gasteiger partial charge in [0.05, 0.1) is 0 Å². The van der Waals surface area contributed by atoms with Gasteiger partial charge in [-0.3, -0.25) is 0 Å². The molecule has 142 valence electrons. The van der Waals surface area contributed by atoms with Crippen LogP contribution < -0.4 is 0 Å². The Morgan fingerprint density at radius 1 is 0.500 bits per heavy atom. The Labute approximate surface area is 177 Å². The maximum absolute atomic E-state index is 4.42. The van der Waals surface area contributed by atoms with Crippen LogP contribution in [-0.4, -0.2) is 49.4 Å². The molecule has 0 aliphatic heterocycles. The molecule has 0 unspecified atom stereocenters. The van der Waals surface area contributed by atoms with Crippen molar-refractivity contribution in [2.24, 2.45) is 0 Å². The minimum atomic E-state index is 0.330. The van der Waals surface area contributed by atoms with Crippen LogP contribution in [0.25, 0.3) is 0 Å². The van der Waals surface area contributed by atoms with Crippen LogP contribution in [0.1, 0.15) is 42.2 Å². The van der Waals surface area contributed by atoms with Crippen LogP contribution in [0.5, 0.6) is 0 Å². The SMILES string of the molecule is c1ccc(Cc2nnc(CCCCc3nnc(Cc4ccccc4)[se]3)[se]2)cc1. The summed E-state index contributed by atoms with van der Waals surface area (Å²) >= 11 is 0.660. The molecule has 2 aromatic carbocycles. The fraction of sp³-hybridized carbons (Fsp3) is 0.273. The van der Waals surface area contributed by atoms with Crippen LogP contribution in [-0.2, 0) is 25.7 Å². The fourth-order valence-electron chi connectivity index (χ4n) is 3.02. The van der Waals surface area contributed by atoms with Crippen molar-refractivity contribution in [2.75, 3.05) is 0 Å². The zero-order chi connectivity index (χ0) is 19.0. The molecule has 4 rings (SSSR count). The molecular weight excluding hydrogens is 478 g/mol. The summed E-state index contributed by atoms with van der Waals surface area (Å²) in [6.45, 7) is 0. The summed E-state index contributed by atoms with van der Waals surface area (Å²) in [4.78, 5) is 0. The first-order valence-corrected chi connectivity index (χ1v) is 13.0. The van der Waals surface area contributed by atoms with Crippen LogP contribution in [0.2, 0.25) is 0 Å². The average molecular weight is 500 g/mol. The zero-order valence-electron chi connectivity index (χ0n) is 15.6. The van der Waals surface area contributed by atoms with Crippen molar-refractivity contribution in [3.8, 4) is 0 Å². The number of benzene rings is 2. The summed E-state index contributed by atoms with van der Waals surface area (Å²) in [7, 11) is 0. The third kappa shape index (κ3) is 5.83. The van der Waals surface area contributed by atoms with Crippen molar-refractivity contribution < 1.29 is 0 Å². The molecular formula is C22H22N4Se2. The second-order valence-corrected chi connectivity index (χ2v) is 11.5. The first kappa shape index (κ1) is 19.5. The summed E-state index contributed by atoms with van der Waals surface area (Å²) in [5.74, 6) is 0. The van der Waals surface area contributed by atoms with Crippen molar-refractivity contribution >= 4 is 29.0 Å². The molecule has 6 heteroatoms. The van der Waals surface area contributed by atoms with E-state index >= 15 is 0 Å².